The number of imidazole rings is 1. The summed E-state index contributed by atoms with van der Waals surface area (Å²) in [5.41, 5.74) is 0.486. The van der Waals surface area contributed by atoms with Crippen molar-refractivity contribution in [2.24, 2.45) is 0 Å². The van der Waals surface area contributed by atoms with Gasteiger partial charge in [-0.2, -0.15) is 13.2 Å². The Hall–Kier alpha value is -2.71. The summed E-state index contributed by atoms with van der Waals surface area (Å²) in [6.45, 7) is -1.93. The molecule has 0 spiro atoms. The third kappa shape index (κ3) is 10.1. The van der Waals surface area contributed by atoms with Crippen LogP contribution in [0.4, 0.5) is 13.2 Å². The summed E-state index contributed by atoms with van der Waals surface area (Å²) in [6, 6.07) is 10.1. The first kappa shape index (κ1) is 40.5. The predicted molar refractivity (Wildman–Crippen MR) is 145 cm³/mol. The van der Waals surface area contributed by atoms with Gasteiger partial charge < -0.3 is 34.0 Å². The number of carbonyl (C=O) groups excluding carboxylic acids is 2. The molecule has 20 heteroatoms. The van der Waals surface area contributed by atoms with Crippen molar-refractivity contribution in [3.8, 4) is 17.2 Å². The number of rotatable bonds is 14. The van der Waals surface area contributed by atoms with E-state index in [9.17, 15) is 45.6 Å². The molecule has 0 bridgehead atoms. The number of carboxylic acids is 2. The van der Waals surface area contributed by atoms with E-state index in [4.69, 9.17) is 14.2 Å². The van der Waals surface area contributed by atoms with Crippen LogP contribution in [0.2, 0.25) is 0 Å². The van der Waals surface area contributed by atoms with Gasteiger partial charge in [0.25, 0.3) is 10.0 Å². The number of alkyl halides is 3. The SMILES string of the molecule is CCc1c(OCC(F)(F)F)ccnc1CS(=O)c1nc2ccccc2n1S(=O)(=O)c1ccc(OCC(=O)[O-])c(OCC(=O)[O-])c1.[Na+].[Na+]. The molecule has 0 saturated carbocycles. The number of nitrogens with zero attached hydrogens (tertiary/aromatic N) is 3. The Morgan fingerprint density at radius 3 is 2.19 bits per heavy atom. The smallest absolute Gasteiger partial charge is 0.546 e. The van der Waals surface area contributed by atoms with Crippen molar-refractivity contribution in [3.63, 3.8) is 0 Å². The molecule has 47 heavy (non-hydrogen) atoms. The van der Waals surface area contributed by atoms with E-state index in [1.165, 1.54) is 30.5 Å². The molecule has 2 aromatic heterocycles. The van der Waals surface area contributed by atoms with Crippen molar-refractivity contribution in [2.45, 2.75) is 35.3 Å². The van der Waals surface area contributed by atoms with Gasteiger partial charge in [-0.3, -0.25) is 9.19 Å². The number of aliphatic carboxylic acids is 2. The number of halogens is 3. The van der Waals surface area contributed by atoms with Gasteiger partial charge in [-0.1, -0.05) is 19.1 Å². The quantitative estimate of drug-likeness (QED) is 0.113. The molecule has 0 N–H and O–H groups in total. The normalized spacial score (nSPS) is 12.0. The first-order chi connectivity index (χ1) is 21.2. The average molecular weight is 716 g/mol. The van der Waals surface area contributed by atoms with Crippen LogP contribution in [0.1, 0.15) is 18.2 Å². The van der Waals surface area contributed by atoms with Gasteiger partial charge in [0.05, 0.1) is 50.1 Å². The molecule has 0 aliphatic heterocycles. The molecule has 0 aliphatic rings. The van der Waals surface area contributed by atoms with Crippen LogP contribution in [0.5, 0.6) is 17.2 Å². The minimum Gasteiger partial charge on any atom is -0.546 e. The van der Waals surface area contributed by atoms with Gasteiger partial charge in [0.15, 0.2) is 18.1 Å². The molecule has 0 saturated heterocycles. The maximum absolute atomic E-state index is 14.0. The predicted octanol–water partition coefficient (Wildman–Crippen LogP) is -5.25. The summed E-state index contributed by atoms with van der Waals surface area (Å²) in [4.78, 5) is 29.7. The van der Waals surface area contributed by atoms with Crippen LogP contribution in [0.15, 0.2) is 64.8 Å². The third-order valence-corrected chi connectivity index (χ3v) is 8.99. The fraction of sp³-hybridized carbons (Fsp3) is 0.259. The molecule has 0 radical (unpaired) electrons. The topological polar surface area (TPSA) is 190 Å². The molecule has 4 aromatic rings. The molecule has 240 valence electrons. The Labute approximate surface area is 312 Å². The van der Waals surface area contributed by atoms with Crippen LogP contribution in [0, 0.1) is 0 Å². The molecule has 4 rings (SSSR count). The Morgan fingerprint density at radius 2 is 1.57 bits per heavy atom. The fourth-order valence-electron chi connectivity index (χ4n) is 4.12. The van der Waals surface area contributed by atoms with Crippen molar-refractivity contribution in [1.29, 1.82) is 0 Å². The monoisotopic (exact) mass is 715 g/mol. The minimum atomic E-state index is -4.68. The first-order valence-electron chi connectivity index (χ1n) is 12.8. The van der Waals surface area contributed by atoms with Crippen molar-refractivity contribution in [2.75, 3.05) is 19.8 Å². The number of fused-ring (bicyclic) bond motifs is 1. The van der Waals surface area contributed by atoms with Gasteiger partial charge in [-0.05, 0) is 36.8 Å². The summed E-state index contributed by atoms with van der Waals surface area (Å²) in [5, 5.41) is 21.4. The second-order valence-corrected chi connectivity index (χ2v) is 12.2. The zero-order valence-electron chi connectivity index (χ0n) is 25.1. The Morgan fingerprint density at radius 1 is 0.936 bits per heavy atom. The van der Waals surface area contributed by atoms with Crippen LogP contribution >= 0.6 is 0 Å². The van der Waals surface area contributed by atoms with Crippen molar-refractivity contribution < 1.29 is 119 Å². The maximum Gasteiger partial charge on any atom is 1.00 e. The van der Waals surface area contributed by atoms with Gasteiger partial charge in [0.2, 0.25) is 5.16 Å². The van der Waals surface area contributed by atoms with E-state index in [1.54, 1.807) is 13.0 Å². The van der Waals surface area contributed by atoms with Gasteiger partial charge in [0, 0.05) is 17.8 Å². The van der Waals surface area contributed by atoms with Crippen LogP contribution in [-0.4, -0.2) is 64.5 Å². The Kier molecular flexibility index (Phi) is 14.7. The van der Waals surface area contributed by atoms with Gasteiger partial charge in [0.1, 0.15) is 19.0 Å². The zero-order chi connectivity index (χ0) is 32.9. The molecule has 0 amide bonds. The van der Waals surface area contributed by atoms with E-state index in [-0.39, 0.29) is 99.3 Å². The summed E-state index contributed by atoms with van der Waals surface area (Å²) in [5.74, 6) is -4.62. The second kappa shape index (κ2) is 17.1. The molecule has 2 aromatic carbocycles. The number of ether oxygens (including phenoxy) is 3. The van der Waals surface area contributed by atoms with Crippen LogP contribution in [0.25, 0.3) is 11.0 Å². The minimum absolute atomic E-state index is 0. The summed E-state index contributed by atoms with van der Waals surface area (Å²) >= 11 is 0. The number of hydrogen-bond donors (Lipinski definition) is 0. The number of aromatic nitrogens is 3. The van der Waals surface area contributed by atoms with E-state index < -0.39 is 80.3 Å². The number of carbonyl (C=O) groups is 2. The first-order valence-corrected chi connectivity index (χ1v) is 15.5. The number of para-hydroxylation sites is 2. The van der Waals surface area contributed by atoms with Gasteiger partial charge >= 0.3 is 65.3 Å². The van der Waals surface area contributed by atoms with E-state index in [0.717, 1.165) is 18.2 Å². The van der Waals surface area contributed by atoms with Crippen molar-refractivity contribution in [1.82, 2.24) is 13.9 Å². The van der Waals surface area contributed by atoms with Crippen molar-refractivity contribution in [3.05, 3.63) is 66.0 Å². The van der Waals surface area contributed by atoms with E-state index in [0.29, 0.717) is 3.97 Å². The molecule has 13 nitrogen and oxygen atoms in total. The molecular weight excluding hydrogens is 693 g/mol. The summed E-state index contributed by atoms with van der Waals surface area (Å²) in [7, 11) is -6.93. The summed E-state index contributed by atoms with van der Waals surface area (Å²) < 4.78 is 95.8. The van der Waals surface area contributed by atoms with E-state index in [1.807, 2.05) is 0 Å². The average Bonchev–Trinajstić information content (AvgIpc) is 3.38. The molecule has 1 atom stereocenters. The molecule has 0 fully saturated rings. The van der Waals surface area contributed by atoms with Crippen LogP contribution in [0.3, 0.4) is 0 Å². The summed E-state index contributed by atoms with van der Waals surface area (Å²) in [6.07, 6.45) is -3.28. The zero-order valence-corrected chi connectivity index (χ0v) is 30.7. The van der Waals surface area contributed by atoms with Crippen LogP contribution in [-0.2, 0) is 42.6 Å². The van der Waals surface area contributed by atoms with Gasteiger partial charge in [-0.15, -0.1) is 0 Å². The number of carboxylic acid groups (broad SMARTS) is 2. The largest absolute Gasteiger partial charge is 1.00 e. The maximum atomic E-state index is 14.0. The van der Waals surface area contributed by atoms with E-state index >= 15 is 0 Å². The van der Waals surface area contributed by atoms with Crippen LogP contribution < -0.4 is 83.5 Å². The Balaban J connectivity index is 0.00000384. The molecule has 2 heterocycles. The number of pyridine rings is 1. The standard InChI is InChI=1S/C27H24F3N3O10S2.2Na/c1-2-17-19(31-10-9-21(17)43-15-27(28,29)30)14-44(38)26-32-18-5-3-4-6-20(18)33(26)45(39,40)16-7-8-22(41-12-24(34)35)23(11-16)42-13-25(36)37;;/h3-11H,2,12-15H2,1H3,(H,34,35)(H,36,37);;/q;2*+1/p-2. The molecule has 1 unspecified atom stereocenters. The number of hydrogen-bond acceptors (Lipinski definition) is 12. The number of benzene rings is 2. The van der Waals surface area contributed by atoms with Crippen molar-refractivity contribution >= 4 is 43.8 Å². The molecule has 0 aliphatic carbocycles. The fourth-order valence-corrected chi connectivity index (χ4v) is 7.14. The van der Waals surface area contributed by atoms with Gasteiger partial charge in [-0.25, -0.2) is 17.4 Å². The Bertz CT molecular complexity index is 1890. The van der Waals surface area contributed by atoms with E-state index in [2.05, 4.69) is 9.97 Å². The second-order valence-electron chi connectivity index (χ2n) is 9.06. The third-order valence-electron chi connectivity index (χ3n) is 5.95. The molecular formula is C27H22F3N3Na2O10S2.